The number of phenols is 1. The average Bonchev–Trinajstić information content (AvgIpc) is 2.88. The number of aromatic amines is 1. The van der Waals surface area contributed by atoms with E-state index in [2.05, 4.69) is 4.98 Å². The van der Waals surface area contributed by atoms with E-state index in [0.29, 0.717) is 17.0 Å². The van der Waals surface area contributed by atoms with E-state index in [9.17, 15) is 20.0 Å². The number of esters is 1. The summed E-state index contributed by atoms with van der Waals surface area (Å²) in [7, 11) is 0. The zero-order chi connectivity index (χ0) is 18.6. The lowest BCUT2D eigenvalue weighted by Gasteiger charge is -2.05. The van der Waals surface area contributed by atoms with Gasteiger partial charge in [-0.05, 0) is 44.5 Å². The third-order valence-electron chi connectivity index (χ3n) is 3.65. The molecule has 1 aromatic heterocycles. The van der Waals surface area contributed by atoms with E-state index in [1.54, 1.807) is 32.9 Å². The van der Waals surface area contributed by atoms with Crippen LogP contribution in [0.3, 0.4) is 0 Å². The second kappa shape index (κ2) is 7.49. The second-order valence-electron chi connectivity index (χ2n) is 5.44. The van der Waals surface area contributed by atoms with Crippen molar-refractivity contribution in [2.45, 2.75) is 20.8 Å². The number of phenolic OH excluding ortho intramolecular Hbond substituents is 1. The van der Waals surface area contributed by atoms with E-state index >= 15 is 0 Å². The number of aryl methyl sites for hydroxylation is 2. The van der Waals surface area contributed by atoms with Gasteiger partial charge >= 0.3 is 5.97 Å². The molecule has 6 nitrogen and oxygen atoms in total. The number of H-pyrrole nitrogens is 1. The fourth-order valence-corrected chi connectivity index (χ4v) is 2.54. The number of hydrogen-bond acceptors (Lipinski definition) is 5. The Hall–Kier alpha value is -3.33. The maximum atomic E-state index is 12.8. The number of carbonyl (C=O) groups excluding carboxylic acids is 2. The molecule has 0 aliphatic heterocycles. The summed E-state index contributed by atoms with van der Waals surface area (Å²) >= 11 is 0. The number of nitrogens with one attached hydrogen (secondary N) is 1. The number of allylic oxidation sites excluding steroid dienone is 1. The van der Waals surface area contributed by atoms with Crippen molar-refractivity contribution in [1.82, 2.24) is 4.98 Å². The number of ketones is 1. The molecule has 0 amide bonds. The van der Waals surface area contributed by atoms with Crippen molar-refractivity contribution in [2.75, 3.05) is 6.61 Å². The van der Waals surface area contributed by atoms with Crippen LogP contribution >= 0.6 is 0 Å². The van der Waals surface area contributed by atoms with E-state index in [1.165, 1.54) is 18.2 Å². The molecule has 25 heavy (non-hydrogen) atoms. The molecule has 0 unspecified atom stereocenters. The van der Waals surface area contributed by atoms with Gasteiger partial charge in [-0.1, -0.05) is 12.1 Å². The molecule has 0 saturated carbocycles. The third kappa shape index (κ3) is 3.78. The van der Waals surface area contributed by atoms with Crippen LogP contribution in [-0.4, -0.2) is 28.4 Å². The number of hydrogen-bond donors (Lipinski definition) is 2. The summed E-state index contributed by atoms with van der Waals surface area (Å²) in [5.41, 5.74) is 1.78. The molecular weight excluding hydrogens is 320 g/mol. The smallest absolute Gasteiger partial charge is 0.340 e. The van der Waals surface area contributed by atoms with Crippen LogP contribution < -0.4 is 0 Å². The zero-order valence-electron chi connectivity index (χ0n) is 14.2. The van der Waals surface area contributed by atoms with E-state index < -0.39 is 11.8 Å². The lowest BCUT2D eigenvalue weighted by atomic mass is 9.98. The Bertz CT molecular complexity index is 883. The van der Waals surface area contributed by atoms with Gasteiger partial charge in [0.05, 0.1) is 17.7 Å². The maximum Gasteiger partial charge on any atom is 0.340 e. The van der Waals surface area contributed by atoms with Gasteiger partial charge in [0.2, 0.25) is 5.78 Å². The summed E-state index contributed by atoms with van der Waals surface area (Å²) < 4.78 is 5.02. The van der Waals surface area contributed by atoms with Gasteiger partial charge in [0.15, 0.2) is 0 Å². The van der Waals surface area contributed by atoms with Gasteiger partial charge in [-0.15, -0.1) is 0 Å². The summed E-state index contributed by atoms with van der Waals surface area (Å²) in [6, 6.07) is 7.97. The number of rotatable bonds is 5. The molecule has 0 bridgehead atoms. The fourth-order valence-electron chi connectivity index (χ4n) is 2.54. The first-order valence-corrected chi connectivity index (χ1v) is 7.70. The molecule has 0 saturated heterocycles. The highest BCUT2D eigenvalue weighted by Gasteiger charge is 2.27. The standard InChI is InChI=1S/C19H18N2O4/c1-4-25-19(24)17-12(3)21-11(2)16(17)18(23)14(10-20)9-13-5-7-15(22)8-6-13/h5-9,21-22H,4H2,1-3H3/b14-9+. The van der Waals surface area contributed by atoms with E-state index in [-0.39, 0.29) is 29.1 Å². The van der Waals surface area contributed by atoms with Crippen molar-refractivity contribution >= 4 is 17.8 Å². The first-order valence-electron chi connectivity index (χ1n) is 7.70. The van der Waals surface area contributed by atoms with Crippen molar-refractivity contribution in [2.24, 2.45) is 0 Å². The minimum absolute atomic E-state index is 0.0867. The number of carbonyl (C=O) groups is 2. The van der Waals surface area contributed by atoms with Crippen molar-refractivity contribution in [3.05, 3.63) is 57.9 Å². The van der Waals surface area contributed by atoms with Crippen molar-refractivity contribution in [3.63, 3.8) is 0 Å². The Morgan fingerprint density at radius 3 is 2.36 bits per heavy atom. The summed E-state index contributed by atoms with van der Waals surface area (Å²) in [5, 5.41) is 18.7. The Morgan fingerprint density at radius 1 is 1.20 bits per heavy atom. The summed E-state index contributed by atoms with van der Waals surface area (Å²) in [6.07, 6.45) is 1.42. The number of aromatic hydroxyl groups is 1. The number of nitriles is 1. The van der Waals surface area contributed by atoms with Crippen LogP contribution in [0.5, 0.6) is 5.75 Å². The van der Waals surface area contributed by atoms with E-state index in [0.717, 1.165) is 0 Å². The lowest BCUT2D eigenvalue weighted by molar-refractivity contribution is 0.0523. The number of Topliss-reactive ketones (excluding diaryl/α,β-unsaturated/α-hetero) is 1. The van der Waals surface area contributed by atoms with Crippen LogP contribution in [-0.2, 0) is 4.74 Å². The maximum absolute atomic E-state index is 12.8. The summed E-state index contributed by atoms with van der Waals surface area (Å²) in [5.74, 6) is -1.07. The molecule has 0 spiro atoms. The minimum Gasteiger partial charge on any atom is -0.508 e. The molecule has 0 aliphatic carbocycles. The molecule has 1 heterocycles. The first kappa shape index (κ1) is 18.0. The zero-order valence-corrected chi connectivity index (χ0v) is 14.2. The highest BCUT2D eigenvalue weighted by Crippen LogP contribution is 2.24. The first-order chi connectivity index (χ1) is 11.9. The van der Waals surface area contributed by atoms with Crippen LogP contribution in [0.15, 0.2) is 29.8 Å². The predicted octanol–water partition coefficient (Wildman–Crippen LogP) is 3.30. The molecule has 2 rings (SSSR count). The molecule has 0 aliphatic rings. The van der Waals surface area contributed by atoms with Gasteiger partial charge in [-0.3, -0.25) is 4.79 Å². The average molecular weight is 338 g/mol. The summed E-state index contributed by atoms with van der Waals surface area (Å²) in [4.78, 5) is 28.0. The van der Waals surface area contributed by atoms with Gasteiger partial charge in [-0.2, -0.15) is 5.26 Å². The molecular formula is C19H18N2O4. The SMILES string of the molecule is CCOC(=O)c1c(C)[nH]c(C)c1C(=O)/C(C#N)=C/c1ccc(O)cc1. The molecule has 1 aromatic carbocycles. The third-order valence-corrected chi connectivity index (χ3v) is 3.65. The lowest BCUT2D eigenvalue weighted by Crippen LogP contribution is -2.13. The van der Waals surface area contributed by atoms with E-state index in [1.807, 2.05) is 6.07 Å². The van der Waals surface area contributed by atoms with Gasteiger partial charge in [-0.25, -0.2) is 4.79 Å². The number of ether oxygens (including phenoxy) is 1. The highest BCUT2D eigenvalue weighted by atomic mass is 16.5. The molecule has 0 radical (unpaired) electrons. The molecule has 128 valence electrons. The molecule has 6 heteroatoms. The minimum atomic E-state index is -0.602. The number of nitrogens with zero attached hydrogens (tertiary/aromatic N) is 1. The molecule has 2 N–H and O–H groups in total. The van der Waals surface area contributed by atoms with Gasteiger partial charge in [0.1, 0.15) is 17.4 Å². The van der Waals surface area contributed by atoms with Crippen LogP contribution in [0.4, 0.5) is 0 Å². The van der Waals surface area contributed by atoms with E-state index in [4.69, 9.17) is 4.74 Å². The Morgan fingerprint density at radius 2 is 1.80 bits per heavy atom. The molecule has 0 atom stereocenters. The van der Waals surface area contributed by atoms with Crippen LogP contribution in [0.25, 0.3) is 6.08 Å². The Balaban J connectivity index is 2.50. The van der Waals surface area contributed by atoms with Gasteiger partial charge in [0.25, 0.3) is 0 Å². The number of aromatic nitrogens is 1. The quantitative estimate of drug-likeness (QED) is 0.377. The normalized spacial score (nSPS) is 11.0. The van der Waals surface area contributed by atoms with Gasteiger partial charge < -0.3 is 14.8 Å². The second-order valence-corrected chi connectivity index (χ2v) is 5.44. The fraction of sp³-hybridized carbons (Fsp3) is 0.211. The van der Waals surface area contributed by atoms with Crippen LogP contribution in [0, 0.1) is 25.2 Å². The molecule has 2 aromatic rings. The van der Waals surface area contributed by atoms with Crippen LogP contribution in [0.1, 0.15) is 44.6 Å². The number of benzene rings is 1. The van der Waals surface area contributed by atoms with Crippen LogP contribution in [0.2, 0.25) is 0 Å². The molecule has 0 fully saturated rings. The van der Waals surface area contributed by atoms with Crippen molar-refractivity contribution < 1.29 is 19.4 Å². The van der Waals surface area contributed by atoms with Crippen molar-refractivity contribution in [3.8, 4) is 11.8 Å². The van der Waals surface area contributed by atoms with Crippen molar-refractivity contribution in [1.29, 1.82) is 5.26 Å². The largest absolute Gasteiger partial charge is 0.508 e. The summed E-state index contributed by atoms with van der Waals surface area (Å²) in [6.45, 7) is 5.20. The highest BCUT2D eigenvalue weighted by molar-refractivity contribution is 6.19. The topological polar surface area (TPSA) is 103 Å². The Kier molecular flexibility index (Phi) is 5.40. The Labute approximate surface area is 145 Å². The predicted molar refractivity (Wildman–Crippen MR) is 92.3 cm³/mol. The monoisotopic (exact) mass is 338 g/mol. The van der Waals surface area contributed by atoms with Gasteiger partial charge in [0, 0.05) is 11.4 Å².